The summed E-state index contributed by atoms with van der Waals surface area (Å²) in [4.78, 5) is 13.5. The lowest BCUT2D eigenvalue weighted by Crippen LogP contribution is -2.34. The van der Waals surface area contributed by atoms with Gasteiger partial charge in [-0.2, -0.15) is 0 Å². The minimum atomic E-state index is -0.320. The summed E-state index contributed by atoms with van der Waals surface area (Å²) >= 11 is 5.63. The summed E-state index contributed by atoms with van der Waals surface area (Å²) < 4.78 is 0. The number of alkyl halides is 1. The number of hydrogen-bond acceptors (Lipinski definition) is 2. The smallest absolute Gasteiger partial charge is 0.226 e. The van der Waals surface area contributed by atoms with Crippen LogP contribution in [0.25, 0.3) is 0 Å². The number of carbonyl (C=O) groups is 1. The van der Waals surface area contributed by atoms with Gasteiger partial charge in [0.05, 0.1) is 6.10 Å². The Morgan fingerprint density at radius 1 is 1.64 bits per heavy atom. The molecule has 0 saturated carbocycles. The molecule has 3 nitrogen and oxygen atoms in total. The minimum Gasteiger partial charge on any atom is -0.393 e. The van der Waals surface area contributed by atoms with Crippen LogP contribution in [0.4, 0.5) is 0 Å². The van der Waals surface area contributed by atoms with Gasteiger partial charge >= 0.3 is 0 Å². The van der Waals surface area contributed by atoms with Gasteiger partial charge in [-0.1, -0.05) is 6.92 Å². The molecule has 0 aromatic carbocycles. The second-order valence-electron chi connectivity index (χ2n) is 4.13. The molecule has 0 bridgehead atoms. The first-order valence-electron chi connectivity index (χ1n) is 5.09. The van der Waals surface area contributed by atoms with Crippen LogP contribution in [-0.2, 0) is 4.79 Å². The number of carbonyl (C=O) groups excluding carboxylic acids is 1. The molecule has 0 aromatic heterocycles. The van der Waals surface area contributed by atoms with E-state index in [1.54, 1.807) is 6.92 Å². The van der Waals surface area contributed by atoms with Crippen LogP contribution in [0.1, 0.15) is 20.3 Å². The first-order chi connectivity index (χ1) is 6.56. The highest BCUT2D eigenvalue weighted by Gasteiger charge is 2.30. The number of amides is 1. The van der Waals surface area contributed by atoms with Crippen molar-refractivity contribution >= 4 is 17.5 Å². The van der Waals surface area contributed by atoms with E-state index in [0.717, 1.165) is 13.0 Å². The summed E-state index contributed by atoms with van der Waals surface area (Å²) in [6.45, 7) is 5.06. The van der Waals surface area contributed by atoms with Crippen molar-refractivity contribution in [1.82, 2.24) is 4.90 Å². The van der Waals surface area contributed by atoms with Crippen molar-refractivity contribution in [1.29, 1.82) is 0 Å². The van der Waals surface area contributed by atoms with Crippen molar-refractivity contribution in [2.45, 2.75) is 26.4 Å². The molecule has 1 aliphatic rings. The van der Waals surface area contributed by atoms with Crippen LogP contribution in [0.5, 0.6) is 0 Å². The van der Waals surface area contributed by atoms with Crippen LogP contribution in [0.2, 0.25) is 0 Å². The number of likely N-dealkylation sites (tertiary alicyclic amines) is 1. The van der Waals surface area contributed by atoms with E-state index < -0.39 is 0 Å². The highest BCUT2D eigenvalue weighted by atomic mass is 35.5. The second-order valence-corrected chi connectivity index (χ2v) is 4.44. The topological polar surface area (TPSA) is 40.5 Å². The molecule has 1 saturated heterocycles. The summed E-state index contributed by atoms with van der Waals surface area (Å²) in [5.74, 6) is 0.614. The Kier molecular flexibility index (Phi) is 4.20. The fourth-order valence-electron chi connectivity index (χ4n) is 1.76. The zero-order chi connectivity index (χ0) is 10.7. The van der Waals surface area contributed by atoms with E-state index in [9.17, 15) is 9.90 Å². The molecule has 4 heteroatoms. The van der Waals surface area contributed by atoms with Gasteiger partial charge in [0.15, 0.2) is 0 Å². The summed E-state index contributed by atoms with van der Waals surface area (Å²) in [6.07, 6.45) is 0.581. The SMILES string of the molecule is CC(CCl)C(=O)N1CCC(C(C)O)C1. The van der Waals surface area contributed by atoms with Crippen LogP contribution < -0.4 is 0 Å². The van der Waals surface area contributed by atoms with Gasteiger partial charge in [0, 0.05) is 30.8 Å². The molecule has 1 heterocycles. The quantitative estimate of drug-likeness (QED) is 0.722. The standard InChI is InChI=1S/C10H18ClNO2/c1-7(5-11)10(14)12-4-3-9(6-12)8(2)13/h7-9,13H,3-6H2,1-2H3. The summed E-state index contributed by atoms with van der Waals surface area (Å²) in [5.41, 5.74) is 0. The zero-order valence-electron chi connectivity index (χ0n) is 8.74. The molecule has 0 spiro atoms. The Morgan fingerprint density at radius 2 is 2.29 bits per heavy atom. The van der Waals surface area contributed by atoms with Crippen molar-refractivity contribution in [2.24, 2.45) is 11.8 Å². The Bertz CT molecular complexity index is 208. The summed E-state index contributed by atoms with van der Waals surface area (Å²) in [6, 6.07) is 0. The molecule has 1 aliphatic heterocycles. The van der Waals surface area contributed by atoms with Crippen molar-refractivity contribution in [3.63, 3.8) is 0 Å². The lowest BCUT2D eigenvalue weighted by molar-refractivity contribution is -0.133. The van der Waals surface area contributed by atoms with Gasteiger partial charge in [0.25, 0.3) is 0 Å². The first kappa shape index (κ1) is 11.8. The molecule has 0 radical (unpaired) electrons. The molecular formula is C10H18ClNO2. The Labute approximate surface area is 90.0 Å². The van der Waals surface area contributed by atoms with Crippen molar-refractivity contribution in [2.75, 3.05) is 19.0 Å². The van der Waals surface area contributed by atoms with Gasteiger partial charge in [-0.25, -0.2) is 0 Å². The molecule has 3 atom stereocenters. The number of nitrogens with zero attached hydrogens (tertiary/aromatic N) is 1. The van der Waals surface area contributed by atoms with E-state index in [2.05, 4.69) is 0 Å². The van der Waals surface area contributed by atoms with Crippen LogP contribution >= 0.6 is 11.6 Å². The molecule has 1 fully saturated rings. The summed E-state index contributed by atoms with van der Waals surface area (Å²) in [5, 5.41) is 9.38. The molecule has 1 rings (SSSR count). The lowest BCUT2D eigenvalue weighted by atomic mass is 10.0. The van der Waals surface area contributed by atoms with Crippen molar-refractivity contribution in [3.05, 3.63) is 0 Å². The van der Waals surface area contributed by atoms with E-state index >= 15 is 0 Å². The second kappa shape index (κ2) is 4.99. The van der Waals surface area contributed by atoms with Crippen molar-refractivity contribution < 1.29 is 9.90 Å². The Morgan fingerprint density at radius 3 is 2.71 bits per heavy atom. The normalized spacial score (nSPS) is 26.3. The maximum Gasteiger partial charge on any atom is 0.226 e. The first-order valence-corrected chi connectivity index (χ1v) is 5.62. The van der Waals surface area contributed by atoms with Crippen LogP contribution in [0.3, 0.4) is 0 Å². The zero-order valence-corrected chi connectivity index (χ0v) is 9.50. The van der Waals surface area contributed by atoms with Gasteiger partial charge in [-0.3, -0.25) is 4.79 Å². The number of hydrogen-bond donors (Lipinski definition) is 1. The predicted molar refractivity (Wildman–Crippen MR) is 56.3 cm³/mol. The van der Waals surface area contributed by atoms with Gasteiger partial charge in [0.1, 0.15) is 0 Å². The minimum absolute atomic E-state index is 0.107. The third-order valence-corrected chi connectivity index (χ3v) is 3.33. The van der Waals surface area contributed by atoms with Gasteiger partial charge in [-0.05, 0) is 13.3 Å². The number of aliphatic hydroxyl groups excluding tert-OH is 1. The maximum absolute atomic E-state index is 11.7. The predicted octanol–water partition coefficient (Wildman–Crippen LogP) is 1.09. The van der Waals surface area contributed by atoms with E-state index in [4.69, 9.17) is 11.6 Å². The summed E-state index contributed by atoms with van der Waals surface area (Å²) in [7, 11) is 0. The van der Waals surface area contributed by atoms with E-state index in [0.29, 0.717) is 12.4 Å². The molecule has 3 unspecified atom stereocenters. The van der Waals surface area contributed by atoms with E-state index in [1.807, 2.05) is 11.8 Å². The molecule has 0 aromatic rings. The fourth-order valence-corrected chi connectivity index (χ4v) is 1.89. The Hall–Kier alpha value is -0.280. The van der Waals surface area contributed by atoms with Gasteiger partial charge in [-0.15, -0.1) is 11.6 Å². The highest BCUT2D eigenvalue weighted by Crippen LogP contribution is 2.21. The average Bonchev–Trinajstić information content (AvgIpc) is 2.64. The van der Waals surface area contributed by atoms with Gasteiger partial charge in [0.2, 0.25) is 5.91 Å². The highest BCUT2D eigenvalue weighted by molar-refractivity contribution is 6.19. The molecule has 1 N–H and O–H groups in total. The fraction of sp³-hybridized carbons (Fsp3) is 0.900. The van der Waals surface area contributed by atoms with Crippen LogP contribution in [0.15, 0.2) is 0 Å². The van der Waals surface area contributed by atoms with Crippen LogP contribution in [0, 0.1) is 11.8 Å². The molecule has 0 aliphatic carbocycles. The Balaban J connectivity index is 2.45. The molecular weight excluding hydrogens is 202 g/mol. The van der Waals surface area contributed by atoms with Crippen molar-refractivity contribution in [3.8, 4) is 0 Å². The third kappa shape index (κ3) is 2.61. The van der Waals surface area contributed by atoms with Gasteiger partial charge < -0.3 is 10.0 Å². The average molecular weight is 220 g/mol. The molecule has 14 heavy (non-hydrogen) atoms. The molecule has 1 amide bonds. The number of rotatable bonds is 3. The lowest BCUT2D eigenvalue weighted by Gasteiger charge is -2.20. The third-order valence-electron chi connectivity index (χ3n) is 2.87. The van der Waals surface area contributed by atoms with Crippen LogP contribution in [-0.4, -0.2) is 41.0 Å². The van der Waals surface area contributed by atoms with E-state index in [-0.39, 0.29) is 23.8 Å². The number of aliphatic hydroxyl groups is 1. The largest absolute Gasteiger partial charge is 0.393 e. The maximum atomic E-state index is 11.7. The van der Waals surface area contributed by atoms with E-state index in [1.165, 1.54) is 0 Å². The monoisotopic (exact) mass is 219 g/mol. The molecule has 82 valence electrons. The number of halogens is 1.